The molecule has 0 aliphatic heterocycles. The summed E-state index contributed by atoms with van der Waals surface area (Å²) in [6.45, 7) is 0. The van der Waals surface area contributed by atoms with E-state index in [0.717, 1.165) is 11.0 Å². The van der Waals surface area contributed by atoms with Crippen LogP contribution in [-0.4, -0.2) is 9.97 Å². The summed E-state index contributed by atoms with van der Waals surface area (Å²) >= 11 is 5.95. The summed E-state index contributed by atoms with van der Waals surface area (Å²) in [7, 11) is 0. The summed E-state index contributed by atoms with van der Waals surface area (Å²) in [5.41, 5.74) is 9.09. The van der Waals surface area contributed by atoms with Crippen molar-refractivity contribution in [3.63, 3.8) is 0 Å². The average molecular weight is 302 g/mol. The fourth-order valence-corrected chi connectivity index (χ4v) is 2.40. The van der Waals surface area contributed by atoms with Crippen molar-refractivity contribution in [2.75, 3.05) is 0 Å². The Bertz CT molecular complexity index is 791. The predicted octanol–water partition coefficient (Wildman–Crippen LogP) is 3.66. The molecule has 0 saturated carbocycles. The molecule has 3 aromatic rings. The summed E-state index contributed by atoms with van der Waals surface area (Å²) in [6, 6.07) is 11.9. The number of nitrogens with two attached hydrogens (primary N) is 1. The van der Waals surface area contributed by atoms with E-state index in [0.29, 0.717) is 17.7 Å². The molecular weight excluding hydrogens is 289 g/mol. The van der Waals surface area contributed by atoms with Gasteiger partial charge in [-0.3, -0.25) is 4.98 Å². The maximum absolute atomic E-state index is 13.4. The molecule has 0 spiro atoms. The number of para-hydroxylation sites is 2. The van der Waals surface area contributed by atoms with Crippen molar-refractivity contribution >= 4 is 22.6 Å². The van der Waals surface area contributed by atoms with Crippen molar-refractivity contribution < 1.29 is 4.39 Å². The minimum absolute atomic E-state index is 0.113. The Labute approximate surface area is 126 Å². The van der Waals surface area contributed by atoms with Gasteiger partial charge in [-0.25, -0.2) is 9.37 Å². The van der Waals surface area contributed by atoms with Gasteiger partial charge in [0.25, 0.3) is 0 Å². The molecule has 0 amide bonds. The lowest BCUT2D eigenvalue weighted by molar-refractivity contribution is 0.621. The highest BCUT2D eigenvalue weighted by Gasteiger charge is 2.13. The van der Waals surface area contributed by atoms with Gasteiger partial charge in [-0.2, -0.15) is 0 Å². The fraction of sp³-hybridized carbons (Fsp3) is 0.125. The molecule has 5 heteroatoms. The molecule has 0 bridgehead atoms. The van der Waals surface area contributed by atoms with Gasteiger partial charge in [0.15, 0.2) is 0 Å². The van der Waals surface area contributed by atoms with E-state index in [-0.39, 0.29) is 11.1 Å². The van der Waals surface area contributed by atoms with Crippen LogP contribution in [0.3, 0.4) is 0 Å². The smallest absolute Gasteiger partial charge is 0.142 e. The number of hydrogen-bond acceptors (Lipinski definition) is 3. The lowest BCUT2D eigenvalue weighted by atomic mass is 10.0. The summed E-state index contributed by atoms with van der Waals surface area (Å²) in [5.74, 6) is -0.439. The van der Waals surface area contributed by atoms with Gasteiger partial charge in [0.05, 0.1) is 34.0 Å². The third-order valence-electron chi connectivity index (χ3n) is 3.32. The SMILES string of the molecule is NC(Cc1cccc(F)c1Cl)c1cnc2ccccc2n1. The van der Waals surface area contributed by atoms with E-state index >= 15 is 0 Å². The van der Waals surface area contributed by atoms with Crippen LogP contribution in [0.25, 0.3) is 11.0 Å². The number of hydrogen-bond donors (Lipinski definition) is 1. The van der Waals surface area contributed by atoms with Gasteiger partial charge in [0, 0.05) is 0 Å². The number of rotatable bonds is 3. The molecule has 106 valence electrons. The van der Waals surface area contributed by atoms with Gasteiger partial charge < -0.3 is 5.73 Å². The highest BCUT2D eigenvalue weighted by Crippen LogP contribution is 2.24. The zero-order chi connectivity index (χ0) is 14.8. The van der Waals surface area contributed by atoms with E-state index in [9.17, 15) is 4.39 Å². The minimum atomic E-state index is -0.439. The van der Waals surface area contributed by atoms with E-state index in [1.807, 2.05) is 24.3 Å². The van der Waals surface area contributed by atoms with Crippen molar-refractivity contribution in [1.82, 2.24) is 9.97 Å². The van der Waals surface area contributed by atoms with Crippen molar-refractivity contribution in [3.8, 4) is 0 Å². The van der Waals surface area contributed by atoms with Crippen molar-refractivity contribution in [3.05, 3.63) is 70.8 Å². The molecule has 1 unspecified atom stereocenters. The Morgan fingerprint density at radius 3 is 2.67 bits per heavy atom. The van der Waals surface area contributed by atoms with E-state index in [4.69, 9.17) is 17.3 Å². The highest BCUT2D eigenvalue weighted by molar-refractivity contribution is 6.31. The number of halogens is 2. The lowest BCUT2D eigenvalue weighted by Crippen LogP contribution is -2.15. The maximum atomic E-state index is 13.4. The van der Waals surface area contributed by atoms with Crippen LogP contribution in [0.4, 0.5) is 4.39 Å². The van der Waals surface area contributed by atoms with Crippen LogP contribution in [0.2, 0.25) is 5.02 Å². The number of aromatic nitrogens is 2. The van der Waals surface area contributed by atoms with Gasteiger partial charge in [-0.15, -0.1) is 0 Å². The van der Waals surface area contributed by atoms with Crippen molar-refractivity contribution in [1.29, 1.82) is 0 Å². The summed E-state index contributed by atoms with van der Waals surface area (Å²) in [4.78, 5) is 8.83. The molecule has 3 nitrogen and oxygen atoms in total. The third-order valence-corrected chi connectivity index (χ3v) is 3.74. The van der Waals surface area contributed by atoms with Crippen molar-refractivity contribution in [2.24, 2.45) is 5.73 Å². The van der Waals surface area contributed by atoms with Crippen LogP contribution in [-0.2, 0) is 6.42 Å². The van der Waals surface area contributed by atoms with Gasteiger partial charge in [0.2, 0.25) is 0 Å². The molecule has 1 aromatic heterocycles. The normalized spacial score (nSPS) is 12.5. The Kier molecular flexibility index (Phi) is 3.82. The summed E-state index contributed by atoms with van der Waals surface area (Å²) < 4.78 is 13.4. The quantitative estimate of drug-likeness (QED) is 0.803. The second-order valence-corrected chi connectivity index (χ2v) is 5.19. The number of nitrogens with zero attached hydrogens (tertiary/aromatic N) is 2. The van der Waals surface area contributed by atoms with Crippen LogP contribution in [0.1, 0.15) is 17.3 Å². The molecule has 0 saturated heterocycles. The topological polar surface area (TPSA) is 51.8 Å². The molecule has 2 aromatic carbocycles. The number of benzene rings is 2. The first kappa shape index (κ1) is 13.9. The molecule has 1 heterocycles. The highest BCUT2D eigenvalue weighted by atomic mass is 35.5. The zero-order valence-corrected chi connectivity index (χ0v) is 11.9. The molecular formula is C16H13ClFN3. The second kappa shape index (κ2) is 5.76. The summed E-state index contributed by atoms with van der Waals surface area (Å²) in [5, 5.41) is 0.113. The van der Waals surface area contributed by atoms with E-state index in [1.165, 1.54) is 6.07 Å². The Hall–Kier alpha value is -2.04. The minimum Gasteiger partial charge on any atom is -0.322 e. The lowest BCUT2D eigenvalue weighted by Gasteiger charge is -2.13. The van der Waals surface area contributed by atoms with Gasteiger partial charge in [-0.1, -0.05) is 35.9 Å². The van der Waals surface area contributed by atoms with Crippen LogP contribution in [0.15, 0.2) is 48.7 Å². The maximum Gasteiger partial charge on any atom is 0.142 e. The average Bonchev–Trinajstić information content (AvgIpc) is 2.51. The zero-order valence-electron chi connectivity index (χ0n) is 11.1. The largest absolute Gasteiger partial charge is 0.322 e. The molecule has 0 radical (unpaired) electrons. The standard InChI is InChI=1S/C16H13ClFN3/c17-16-10(4-3-5-11(16)18)8-12(19)15-9-20-13-6-1-2-7-14(13)21-15/h1-7,9,12H,8,19H2. The molecule has 2 N–H and O–H groups in total. The van der Waals surface area contributed by atoms with E-state index in [2.05, 4.69) is 9.97 Å². The summed E-state index contributed by atoms with van der Waals surface area (Å²) in [6.07, 6.45) is 2.06. The Morgan fingerprint density at radius 2 is 1.86 bits per heavy atom. The first-order valence-electron chi connectivity index (χ1n) is 6.55. The number of fused-ring (bicyclic) bond motifs is 1. The van der Waals surface area contributed by atoms with Crippen LogP contribution < -0.4 is 5.73 Å². The van der Waals surface area contributed by atoms with Crippen molar-refractivity contribution in [2.45, 2.75) is 12.5 Å². The van der Waals surface area contributed by atoms with E-state index in [1.54, 1.807) is 18.3 Å². The first-order chi connectivity index (χ1) is 10.1. The molecule has 1 atom stereocenters. The monoisotopic (exact) mass is 301 g/mol. The molecule has 0 aliphatic rings. The second-order valence-electron chi connectivity index (χ2n) is 4.81. The molecule has 21 heavy (non-hydrogen) atoms. The fourth-order valence-electron chi connectivity index (χ4n) is 2.20. The Balaban J connectivity index is 1.89. The van der Waals surface area contributed by atoms with Crippen LogP contribution >= 0.6 is 11.6 Å². The molecule has 3 rings (SSSR count). The Morgan fingerprint density at radius 1 is 1.10 bits per heavy atom. The van der Waals surface area contributed by atoms with E-state index < -0.39 is 5.82 Å². The first-order valence-corrected chi connectivity index (χ1v) is 6.93. The third kappa shape index (κ3) is 2.86. The predicted molar refractivity (Wildman–Crippen MR) is 81.6 cm³/mol. The van der Waals surface area contributed by atoms with Crippen LogP contribution in [0.5, 0.6) is 0 Å². The molecule has 0 aliphatic carbocycles. The van der Waals surface area contributed by atoms with Gasteiger partial charge >= 0.3 is 0 Å². The van der Waals surface area contributed by atoms with Crippen LogP contribution in [0, 0.1) is 5.82 Å². The van der Waals surface area contributed by atoms with Gasteiger partial charge in [-0.05, 0) is 30.2 Å². The molecule has 0 fully saturated rings. The van der Waals surface area contributed by atoms with Gasteiger partial charge in [0.1, 0.15) is 5.82 Å².